The SMILES string of the molecule is NC(=O)COc1ccccc1C(=O)OCC(=O)c1ccc(C2CCCCC2)cc1. The quantitative estimate of drug-likeness (QED) is 0.544. The minimum atomic E-state index is -0.697. The van der Waals surface area contributed by atoms with E-state index in [1.165, 1.54) is 49.8 Å². The van der Waals surface area contributed by atoms with Gasteiger partial charge < -0.3 is 15.2 Å². The summed E-state index contributed by atoms with van der Waals surface area (Å²) in [6, 6.07) is 13.9. The van der Waals surface area contributed by atoms with E-state index in [9.17, 15) is 14.4 Å². The lowest BCUT2D eigenvalue weighted by molar-refractivity contribution is -0.119. The summed E-state index contributed by atoms with van der Waals surface area (Å²) in [5.74, 6) is -0.871. The van der Waals surface area contributed by atoms with Crippen molar-refractivity contribution in [2.75, 3.05) is 13.2 Å². The minimum Gasteiger partial charge on any atom is -0.483 e. The molecule has 0 spiro atoms. The van der Waals surface area contributed by atoms with Gasteiger partial charge in [0.2, 0.25) is 0 Å². The van der Waals surface area contributed by atoms with Crippen LogP contribution in [0, 0.1) is 0 Å². The first-order chi connectivity index (χ1) is 14.0. The van der Waals surface area contributed by atoms with E-state index < -0.39 is 11.9 Å². The molecule has 6 nitrogen and oxygen atoms in total. The molecular formula is C23H25NO5. The first-order valence-electron chi connectivity index (χ1n) is 9.85. The van der Waals surface area contributed by atoms with Crippen molar-refractivity contribution in [1.29, 1.82) is 0 Å². The molecule has 0 aliphatic heterocycles. The number of rotatable bonds is 8. The maximum Gasteiger partial charge on any atom is 0.342 e. The number of hydrogen-bond acceptors (Lipinski definition) is 5. The summed E-state index contributed by atoms with van der Waals surface area (Å²) in [6.07, 6.45) is 6.21. The van der Waals surface area contributed by atoms with E-state index in [-0.39, 0.29) is 30.3 Å². The second-order valence-corrected chi connectivity index (χ2v) is 7.21. The monoisotopic (exact) mass is 395 g/mol. The predicted molar refractivity (Wildman–Crippen MR) is 108 cm³/mol. The molecule has 3 rings (SSSR count). The molecule has 0 heterocycles. The molecule has 29 heavy (non-hydrogen) atoms. The lowest BCUT2D eigenvalue weighted by atomic mass is 9.84. The van der Waals surface area contributed by atoms with Gasteiger partial charge in [-0.1, -0.05) is 55.7 Å². The number of primary amides is 1. The van der Waals surface area contributed by atoms with Crippen LogP contribution in [-0.2, 0) is 9.53 Å². The summed E-state index contributed by atoms with van der Waals surface area (Å²) in [4.78, 5) is 35.6. The van der Waals surface area contributed by atoms with Crippen LogP contribution in [0.1, 0.15) is 64.3 Å². The molecule has 1 aliphatic carbocycles. The van der Waals surface area contributed by atoms with Crippen LogP contribution in [0.25, 0.3) is 0 Å². The van der Waals surface area contributed by atoms with Crippen LogP contribution >= 0.6 is 0 Å². The van der Waals surface area contributed by atoms with E-state index in [0.29, 0.717) is 11.5 Å². The molecule has 0 radical (unpaired) electrons. The van der Waals surface area contributed by atoms with Gasteiger partial charge >= 0.3 is 5.97 Å². The third kappa shape index (κ3) is 5.67. The minimum absolute atomic E-state index is 0.134. The summed E-state index contributed by atoms with van der Waals surface area (Å²) in [6.45, 7) is -0.720. The van der Waals surface area contributed by atoms with E-state index in [0.717, 1.165) is 0 Å². The molecule has 0 unspecified atom stereocenters. The molecule has 0 aromatic heterocycles. The molecule has 2 N–H and O–H groups in total. The zero-order valence-corrected chi connectivity index (χ0v) is 16.3. The van der Waals surface area contributed by atoms with E-state index in [4.69, 9.17) is 15.2 Å². The van der Waals surface area contributed by atoms with Gasteiger partial charge in [-0.3, -0.25) is 9.59 Å². The highest BCUT2D eigenvalue weighted by molar-refractivity contribution is 6.00. The molecule has 2 aromatic rings. The lowest BCUT2D eigenvalue weighted by Gasteiger charge is -2.22. The van der Waals surface area contributed by atoms with Crippen LogP contribution in [0.15, 0.2) is 48.5 Å². The second kappa shape index (κ2) is 9.87. The van der Waals surface area contributed by atoms with Gasteiger partial charge in [-0.05, 0) is 36.5 Å². The summed E-state index contributed by atoms with van der Waals surface area (Å²) in [5.41, 5.74) is 6.97. The van der Waals surface area contributed by atoms with Gasteiger partial charge in [0.25, 0.3) is 5.91 Å². The number of carbonyl (C=O) groups is 3. The van der Waals surface area contributed by atoms with Gasteiger partial charge in [0, 0.05) is 5.56 Å². The molecule has 0 saturated heterocycles. The summed E-state index contributed by atoms with van der Waals surface area (Å²) in [7, 11) is 0. The van der Waals surface area contributed by atoms with E-state index >= 15 is 0 Å². The summed E-state index contributed by atoms with van der Waals surface area (Å²) in [5, 5.41) is 0. The molecule has 1 amide bonds. The van der Waals surface area contributed by atoms with Gasteiger partial charge in [-0.25, -0.2) is 4.79 Å². The molecule has 1 fully saturated rings. The highest BCUT2D eigenvalue weighted by Gasteiger charge is 2.18. The Morgan fingerprint density at radius 2 is 1.59 bits per heavy atom. The van der Waals surface area contributed by atoms with Crippen LogP contribution in [0.3, 0.4) is 0 Å². The van der Waals surface area contributed by atoms with Crippen molar-refractivity contribution < 1.29 is 23.9 Å². The number of amides is 1. The third-order valence-corrected chi connectivity index (χ3v) is 5.12. The Hall–Kier alpha value is -3.15. The zero-order chi connectivity index (χ0) is 20.6. The fourth-order valence-corrected chi connectivity index (χ4v) is 3.58. The molecule has 1 saturated carbocycles. The number of ether oxygens (including phenoxy) is 2. The van der Waals surface area contributed by atoms with Crippen LogP contribution < -0.4 is 10.5 Å². The van der Waals surface area contributed by atoms with Crippen LogP contribution in [-0.4, -0.2) is 30.9 Å². The van der Waals surface area contributed by atoms with Gasteiger partial charge in [-0.2, -0.15) is 0 Å². The molecule has 6 heteroatoms. The predicted octanol–water partition coefficient (Wildman–Crippen LogP) is 3.64. The van der Waals surface area contributed by atoms with Crippen molar-refractivity contribution in [3.8, 4) is 5.75 Å². The Kier molecular flexibility index (Phi) is 7.00. The van der Waals surface area contributed by atoms with Crippen molar-refractivity contribution in [1.82, 2.24) is 0 Å². The zero-order valence-electron chi connectivity index (χ0n) is 16.3. The third-order valence-electron chi connectivity index (χ3n) is 5.12. The largest absolute Gasteiger partial charge is 0.483 e. The Morgan fingerprint density at radius 3 is 2.28 bits per heavy atom. The van der Waals surface area contributed by atoms with Gasteiger partial charge in [-0.15, -0.1) is 0 Å². The Bertz CT molecular complexity index is 869. The van der Waals surface area contributed by atoms with Crippen molar-refractivity contribution in [2.24, 2.45) is 5.73 Å². The van der Waals surface area contributed by atoms with Crippen molar-refractivity contribution in [3.63, 3.8) is 0 Å². The fourth-order valence-electron chi connectivity index (χ4n) is 3.58. The lowest BCUT2D eigenvalue weighted by Crippen LogP contribution is -2.21. The Morgan fingerprint density at radius 1 is 0.897 bits per heavy atom. The van der Waals surface area contributed by atoms with E-state index in [1.54, 1.807) is 24.3 Å². The summed E-state index contributed by atoms with van der Waals surface area (Å²) < 4.78 is 10.4. The number of nitrogens with two attached hydrogens (primary N) is 1. The molecule has 0 atom stereocenters. The van der Waals surface area contributed by atoms with Crippen LogP contribution in [0.4, 0.5) is 0 Å². The highest BCUT2D eigenvalue weighted by atomic mass is 16.5. The smallest absolute Gasteiger partial charge is 0.342 e. The number of ketones is 1. The molecular weight excluding hydrogens is 370 g/mol. The topological polar surface area (TPSA) is 95.7 Å². The number of para-hydroxylation sites is 1. The van der Waals surface area contributed by atoms with Gasteiger partial charge in [0.05, 0.1) is 0 Å². The average Bonchev–Trinajstić information content (AvgIpc) is 2.76. The standard InChI is InChI=1S/C23H25NO5/c24-22(26)15-28-21-9-5-4-8-19(21)23(27)29-14-20(25)18-12-10-17(11-13-18)16-6-2-1-3-7-16/h4-5,8-13,16H,1-3,6-7,14-15H2,(H2,24,26). The van der Waals surface area contributed by atoms with E-state index in [2.05, 4.69) is 0 Å². The van der Waals surface area contributed by atoms with Crippen molar-refractivity contribution >= 4 is 17.7 Å². The first kappa shape index (κ1) is 20.6. The average molecular weight is 395 g/mol. The Balaban J connectivity index is 1.57. The summed E-state index contributed by atoms with van der Waals surface area (Å²) >= 11 is 0. The van der Waals surface area contributed by atoms with Gasteiger partial charge in [0.1, 0.15) is 11.3 Å². The molecule has 152 valence electrons. The normalized spacial score (nSPS) is 14.2. The fraction of sp³-hybridized carbons (Fsp3) is 0.348. The van der Waals surface area contributed by atoms with E-state index in [1.807, 2.05) is 12.1 Å². The maximum absolute atomic E-state index is 12.4. The van der Waals surface area contributed by atoms with Gasteiger partial charge in [0.15, 0.2) is 19.0 Å². The maximum atomic E-state index is 12.4. The van der Waals surface area contributed by atoms with Crippen molar-refractivity contribution in [2.45, 2.75) is 38.0 Å². The first-order valence-corrected chi connectivity index (χ1v) is 9.85. The van der Waals surface area contributed by atoms with Crippen LogP contribution in [0.2, 0.25) is 0 Å². The molecule has 1 aliphatic rings. The number of esters is 1. The number of hydrogen-bond donors (Lipinski definition) is 1. The number of Topliss-reactive ketones (excluding diaryl/α,β-unsaturated/α-hetero) is 1. The molecule has 0 bridgehead atoms. The Labute approximate surface area is 170 Å². The second-order valence-electron chi connectivity index (χ2n) is 7.21. The highest BCUT2D eigenvalue weighted by Crippen LogP contribution is 2.32. The number of benzene rings is 2. The molecule has 2 aromatic carbocycles. The van der Waals surface area contributed by atoms with Crippen LogP contribution in [0.5, 0.6) is 5.75 Å². The van der Waals surface area contributed by atoms with Crippen molar-refractivity contribution in [3.05, 3.63) is 65.2 Å². The number of carbonyl (C=O) groups excluding carboxylic acids is 3.